The molecule has 5 rings (SSSR count). The Morgan fingerprint density at radius 1 is 1.09 bits per heavy atom. The second-order valence-electron chi connectivity index (χ2n) is 8.90. The first-order valence-electron chi connectivity index (χ1n) is 9.68. The molecule has 124 valence electrons. The fourth-order valence-corrected chi connectivity index (χ4v) is 7.21. The summed E-state index contributed by atoms with van der Waals surface area (Å²) in [6.07, 6.45) is 16.3. The van der Waals surface area contributed by atoms with E-state index in [9.17, 15) is 4.79 Å². The van der Waals surface area contributed by atoms with Crippen molar-refractivity contribution >= 4 is 5.78 Å². The molecule has 0 amide bonds. The fourth-order valence-electron chi connectivity index (χ4n) is 7.21. The van der Waals surface area contributed by atoms with Gasteiger partial charge >= 0.3 is 0 Å². The number of carbonyl (C=O) groups excluding carboxylic acids is 1. The Balaban J connectivity index is 1.47. The molecule has 6 unspecified atom stereocenters. The second kappa shape index (κ2) is 4.81. The first-order chi connectivity index (χ1) is 11.1. The highest BCUT2D eigenvalue weighted by molar-refractivity contribution is 5.91. The van der Waals surface area contributed by atoms with Crippen molar-refractivity contribution in [2.45, 2.75) is 63.9 Å². The Morgan fingerprint density at radius 2 is 2.00 bits per heavy atom. The average Bonchev–Trinajstić information content (AvgIpc) is 3.14. The SMILES string of the molecule is CC12CCC3C4CCC(=O)C=C4CCC3C1CCC21C=CCO1. The van der Waals surface area contributed by atoms with Gasteiger partial charge in [-0.1, -0.05) is 24.6 Å². The summed E-state index contributed by atoms with van der Waals surface area (Å²) in [6, 6.07) is 0. The highest BCUT2D eigenvalue weighted by Crippen LogP contribution is 2.66. The standard InChI is InChI=1S/C21H28O2/c1-20-10-7-17-16-6-4-15(22)13-14(16)3-5-18(17)19(20)8-11-21(20)9-2-12-23-21/h2,9,13,16-19H,3-8,10-12H2,1H3. The zero-order valence-corrected chi connectivity index (χ0v) is 14.2. The minimum absolute atomic E-state index is 0.0429. The largest absolute Gasteiger partial charge is 0.366 e. The van der Waals surface area contributed by atoms with Crippen LogP contribution in [0.3, 0.4) is 0 Å². The minimum Gasteiger partial charge on any atom is -0.366 e. The van der Waals surface area contributed by atoms with Crippen molar-refractivity contribution in [1.82, 2.24) is 0 Å². The topological polar surface area (TPSA) is 26.3 Å². The highest BCUT2D eigenvalue weighted by Gasteiger charge is 2.63. The summed E-state index contributed by atoms with van der Waals surface area (Å²) in [6.45, 7) is 3.33. The van der Waals surface area contributed by atoms with Crippen LogP contribution in [0.15, 0.2) is 23.8 Å². The summed E-state index contributed by atoms with van der Waals surface area (Å²) in [7, 11) is 0. The predicted molar refractivity (Wildman–Crippen MR) is 89.9 cm³/mol. The molecule has 4 aliphatic carbocycles. The van der Waals surface area contributed by atoms with Crippen LogP contribution in [0.25, 0.3) is 0 Å². The molecule has 1 aliphatic heterocycles. The van der Waals surface area contributed by atoms with Crippen molar-refractivity contribution in [2.24, 2.45) is 29.1 Å². The molecular weight excluding hydrogens is 284 g/mol. The van der Waals surface area contributed by atoms with Crippen molar-refractivity contribution in [1.29, 1.82) is 0 Å². The molecule has 3 saturated carbocycles. The third-order valence-corrected chi connectivity index (χ3v) is 8.31. The second-order valence-corrected chi connectivity index (χ2v) is 8.90. The van der Waals surface area contributed by atoms with Crippen LogP contribution in [0, 0.1) is 29.1 Å². The van der Waals surface area contributed by atoms with Crippen molar-refractivity contribution in [2.75, 3.05) is 6.61 Å². The number of fused-ring (bicyclic) bond motifs is 6. The number of hydrogen-bond acceptors (Lipinski definition) is 2. The van der Waals surface area contributed by atoms with E-state index in [0.29, 0.717) is 17.1 Å². The molecule has 0 aromatic rings. The zero-order chi connectivity index (χ0) is 15.7. The molecule has 6 atom stereocenters. The van der Waals surface area contributed by atoms with Gasteiger partial charge < -0.3 is 4.74 Å². The van der Waals surface area contributed by atoms with Gasteiger partial charge in [-0.05, 0) is 74.7 Å². The van der Waals surface area contributed by atoms with E-state index in [2.05, 4.69) is 19.1 Å². The van der Waals surface area contributed by atoms with Crippen LogP contribution in [0.5, 0.6) is 0 Å². The smallest absolute Gasteiger partial charge is 0.155 e. The van der Waals surface area contributed by atoms with Crippen LogP contribution >= 0.6 is 0 Å². The van der Waals surface area contributed by atoms with Gasteiger partial charge in [0.05, 0.1) is 12.2 Å². The van der Waals surface area contributed by atoms with Gasteiger partial charge in [-0.3, -0.25) is 4.79 Å². The van der Waals surface area contributed by atoms with Gasteiger partial charge in [0.15, 0.2) is 5.78 Å². The molecule has 1 spiro atoms. The number of allylic oxidation sites excluding steroid dienone is 1. The van der Waals surface area contributed by atoms with E-state index in [1.165, 1.54) is 44.1 Å². The van der Waals surface area contributed by atoms with Crippen molar-refractivity contribution in [3.05, 3.63) is 23.8 Å². The van der Waals surface area contributed by atoms with Crippen LogP contribution in [-0.4, -0.2) is 18.0 Å². The summed E-state index contributed by atoms with van der Waals surface area (Å²) in [5.41, 5.74) is 1.88. The first kappa shape index (κ1) is 14.5. The number of ether oxygens (including phenoxy) is 1. The molecule has 2 heteroatoms. The quantitative estimate of drug-likeness (QED) is 0.618. The Hall–Kier alpha value is -0.890. The van der Waals surface area contributed by atoms with Crippen molar-refractivity contribution in [3.63, 3.8) is 0 Å². The van der Waals surface area contributed by atoms with Gasteiger partial charge in [0.2, 0.25) is 0 Å². The lowest BCUT2D eigenvalue weighted by molar-refractivity contribution is -0.118. The van der Waals surface area contributed by atoms with Crippen LogP contribution in [0.1, 0.15) is 58.3 Å². The van der Waals surface area contributed by atoms with E-state index in [1.54, 1.807) is 0 Å². The first-order valence-corrected chi connectivity index (χ1v) is 9.68. The molecule has 0 bridgehead atoms. The maximum Gasteiger partial charge on any atom is 0.155 e. The number of carbonyl (C=O) groups is 1. The maximum atomic E-state index is 11.8. The van der Waals surface area contributed by atoms with E-state index in [0.717, 1.165) is 37.2 Å². The van der Waals surface area contributed by atoms with Crippen molar-refractivity contribution in [3.8, 4) is 0 Å². The van der Waals surface area contributed by atoms with E-state index in [-0.39, 0.29) is 5.60 Å². The molecule has 3 fully saturated rings. The third kappa shape index (κ3) is 1.82. The van der Waals surface area contributed by atoms with E-state index < -0.39 is 0 Å². The number of rotatable bonds is 0. The highest BCUT2D eigenvalue weighted by atomic mass is 16.5. The van der Waals surface area contributed by atoms with Gasteiger partial charge in [-0.25, -0.2) is 0 Å². The Kier molecular flexibility index (Phi) is 3.03. The molecule has 0 radical (unpaired) electrons. The number of ketones is 1. The Labute approximate surface area is 139 Å². The van der Waals surface area contributed by atoms with Gasteiger partial charge in [-0.2, -0.15) is 0 Å². The normalized spacial score (nSPS) is 51.3. The van der Waals surface area contributed by atoms with Crippen LogP contribution in [0.2, 0.25) is 0 Å². The molecule has 23 heavy (non-hydrogen) atoms. The Morgan fingerprint density at radius 3 is 2.83 bits per heavy atom. The average molecular weight is 312 g/mol. The van der Waals surface area contributed by atoms with Gasteiger partial charge in [0, 0.05) is 11.8 Å². The van der Waals surface area contributed by atoms with Gasteiger partial charge in [0.25, 0.3) is 0 Å². The molecule has 1 heterocycles. The van der Waals surface area contributed by atoms with Crippen LogP contribution in [0.4, 0.5) is 0 Å². The number of hydrogen-bond donors (Lipinski definition) is 0. The van der Waals surface area contributed by atoms with Crippen molar-refractivity contribution < 1.29 is 9.53 Å². The summed E-state index contributed by atoms with van der Waals surface area (Å²) in [5, 5.41) is 0. The maximum absolute atomic E-state index is 11.8. The fraction of sp³-hybridized carbons (Fsp3) is 0.762. The van der Waals surface area contributed by atoms with E-state index in [4.69, 9.17) is 4.74 Å². The molecule has 0 aromatic carbocycles. The third-order valence-electron chi connectivity index (χ3n) is 8.31. The molecule has 0 N–H and O–H groups in total. The molecule has 0 aromatic heterocycles. The van der Waals surface area contributed by atoms with E-state index in [1.807, 2.05) is 6.08 Å². The zero-order valence-electron chi connectivity index (χ0n) is 14.2. The van der Waals surface area contributed by atoms with Gasteiger partial charge in [-0.15, -0.1) is 0 Å². The monoisotopic (exact) mass is 312 g/mol. The molecule has 2 nitrogen and oxygen atoms in total. The molecule has 5 aliphatic rings. The summed E-state index contributed by atoms with van der Waals surface area (Å²) in [4.78, 5) is 11.8. The lowest BCUT2D eigenvalue weighted by Crippen LogP contribution is -2.52. The summed E-state index contributed by atoms with van der Waals surface area (Å²) < 4.78 is 6.31. The molecule has 0 saturated heterocycles. The van der Waals surface area contributed by atoms with Crippen LogP contribution in [-0.2, 0) is 9.53 Å². The lowest BCUT2D eigenvalue weighted by Gasteiger charge is -2.55. The molecular formula is C21H28O2. The summed E-state index contributed by atoms with van der Waals surface area (Å²) >= 11 is 0. The van der Waals surface area contributed by atoms with E-state index >= 15 is 0 Å². The Bertz CT molecular complexity index is 603. The summed E-state index contributed by atoms with van der Waals surface area (Å²) in [5.74, 6) is 3.61. The van der Waals surface area contributed by atoms with Gasteiger partial charge in [0.1, 0.15) is 0 Å². The predicted octanol–water partition coefficient (Wildman–Crippen LogP) is 4.45. The van der Waals surface area contributed by atoms with Crippen LogP contribution < -0.4 is 0 Å². The minimum atomic E-state index is 0.0429. The lowest BCUT2D eigenvalue weighted by atomic mass is 9.50.